The SMILES string of the molecule is COc1cc(N)cc(Nc2cccc3ccccc23)c1. The van der Waals surface area contributed by atoms with Crippen LogP contribution in [-0.2, 0) is 0 Å². The van der Waals surface area contributed by atoms with E-state index >= 15 is 0 Å². The number of nitrogen functional groups attached to an aromatic ring is 1. The van der Waals surface area contributed by atoms with Crippen LogP contribution in [0.15, 0.2) is 60.7 Å². The van der Waals surface area contributed by atoms with E-state index in [-0.39, 0.29) is 0 Å². The van der Waals surface area contributed by atoms with Gasteiger partial charge in [-0.25, -0.2) is 0 Å². The highest BCUT2D eigenvalue weighted by atomic mass is 16.5. The number of ether oxygens (including phenoxy) is 1. The van der Waals surface area contributed by atoms with Crippen LogP contribution in [0.25, 0.3) is 10.8 Å². The molecule has 0 heterocycles. The Morgan fingerprint density at radius 2 is 1.75 bits per heavy atom. The predicted molar refractivity (Wildman–Crippen MR) is 84.6 cm³/mol. The van der Waals surface area contributed by atoms with Crippen LogP contribution in [0.5, 0.6) is 5.75 Å². The van der Waals surface area contributed by atoms with Gasteiger partial charge in [-0.2, -0.15) is 0 Å². The molecular formula is C17H16N2O. The highest BCUT2D eigenvalue weighted by Crippen LogP contribution is 2.29. The molecule has 0 amide bonds. The van der Waals surface area contributed by atoms with Gasteiger partial charge in [0, 0.05) is 34.6 Å². The van der Waals surface area contributed by atoms with Crippen molar-refractivity contribution in [2.24, 2.45) is 0 Å². The molecule has 3 N–H and O–H groups in total. The molecule has 3 aromatic carbocycles. The zero-order valence-electron chi connectivity index (χ0n) is 11.3. The molecule has 0 bridgehead atoms. The Hall–Kier alpha value is -2.68. The number of methoxy groups -OCH3 is 1. The first-order valence-corrected chi connectivity index (χ1v) is 6.45. The van der Waals surface area contributed by atoms with E-state index in [9.17, 15) is 0 Å². The highest BCUT2D eigenvalue weighted by Gasteiger charge is 2.03. The molecule has 0 unspecified atom stereocenters. The fourth-order valence-electron chi connectivity index (χ4n) is 2.30. The molecule has 0 aliphatic carbocycles. The first-order chi connectivity index (χ1) is 9.76. The topological polar surface area (TPSA) is 47.3 Å². The fourth-order valence-corrected chi connectivity index (χ4v) is 2.30. The summed E-state index contributed by atoms with van der Waals surface area (Å²) < 4.78 is 5.24. The number of hydrogen-bond donors (Lipinski definition) is 2. The highest BCUT2D eigenvalue weighted by molar-refractivity contribution is 5.95. The minimum atomic E-state index is 0.673. The molecular weight excluding hydrogens is 248 g/mol. The molecule has 0 saturated heterocycles. The van der Waals surface area contributed by atoms with Crippen molar-refractivity contribution in [3.05, 3.63) is 60.7 Å². The Balaban J connectivity index is 2.03. The summed E-state index contributed by atoms with van der Waals surface area (Å²) in [4.78, 5) is 0. The van der Waals surface area contributed by atoms with Crippen LogP contribution in [0, 0.1) is 0 Å². The van der Waals surface area contributed by atoms with Gasteiger partial charge < -0.3 is 15.8 Å². The number of benzene rings is 3. The van der Waals surface area contributed by atoms with E-state index in [0.717, 1.165) is 17.1 Å². The average Bonchev–Trinajstić information content (AvgIpc) is 2.47. The van der Waals surface area contributed by atoms with Gasteiger partial charge in [0.1, 0.15) is 5.75 Å². The van der Waals surface area contributed by atoms with E-state index < -0.39 is 0 Å². The second-order valence-corrected chi connectivity index (χ2v) is 4.65. The second-order valence-electron chi connectivity index (χ2n) is 4.65. The normalized spacial score (nSPS) is 10.4. The lowest BCUT2D eigenvalue weighted by molar-refractivity contribution is 0.415. The Kier molecular flexibility index (Phi) is 3.17. The van der Waals surface area contributed by atoms with Gasteiger partial charge >= 0.3 is 0 Å². The van der Waals surface area contributed by atoms with Crippen molar-refractivity contribution in [1.29, 1.82) is 0 Å². The largest absolute Gasteiger partial charge is 0.497 e. The van der Waals surface area contributed by atoms with Crippen LogP contribution in [-0.4, -0.2) is 7.11 Å². The maximum atomic E-state index is 5.88. The molecule has 0 fully saturated rings. The quantitative estimate of drug-likeness (QED) is 0.698. The molecule has 0 saturated carbocycles. The number of anilines is 3. The van der Waals surface area contributed by atoms with Crippen molar-refractivity contribution in [3.8, 4) is 5.75 Å². The minimum absolute atomic E-state index is 0.673. The lowest BCUT2D eigenvalue weighted by atomic mass is 10.1. The maximum Gasteiger partial charge on any atom is 0.122 e. The second kappa shape index (κ2) is 5.13. The summed E-state index contributed by atoms with van der Waals surface area (Å²) in [6, 6.07) is 20.1. The molecule has 0 atom stereocenters. The standard InChI is InChI=1S/C17H16N2O/c1-20-15-10-13(18)9-14(11-15)19-17-8-4-6-12-5-2-3-7-16(12)17/h2-11,19H,18H2,1H3. The molecule has 3 rings (SSSR count). The van der Waals surface area contributed by atoms with Crippen molar-refractivity contribution < 1.29 is 4.74 Å². The number of hydrogen-bond acceptors (Lipinski definition) is 3. The molecule has 0 aliphatic rings. The number of nitrogens with two attached hydrogens (primary N) is 1. The van der Waals surface area contributed by atoms with Crippen LogP contribution < -0.4 is 15.8 Å². The third kappa shape index (κ3) is 2.38. The number of rotatable bonds is 3. The summed E-state index contributed by atoms with van der Waals surface area (Å²) in [5.74, 6) is 0.743. The van der Waals surface area contributed by atoms with Crippen LogP contribution >= 0.6 is 0 Å². The van der Waals surface area contributed by atoms with E-state index in [1.54, 1.807) is 13.2 Å². The molecule has 0 aliphatic heterocycles. The lowest BCUT2D eigenvalue weighted by Gasteiger charge is -2.12. The summed E-state index contributed by atoms with van der Waals surface area (Å²) in [7, 11) is 1.64. The Morgan fingerprint density at radius 3 is 2.60 bits per heavy atom. The molecule has 3 heteroatoms. The first-order valence-electron chi connectivity index (χ1n) is 6.45. The van der Waals surface area contributed by atoms with Crippen LogP contribution in [0.3, 0.4) is 0 Å². The van der Waals surface area contributed by atoms with Gasteiger partial charge in [-0.3, -0.25) is 0 Å². The fraction of sp³-hybridized carbons (Fsp3) is 0.0588. The zero-order valence-corrected chi connectivity index (χ0v) is 11.3. The molecule has 0 radical (unpaired) electrons. The van der Waals surface area contributed by atoms with Gasteiger partial charge in [-0.1, -0.05) is 36.4 Å². The van der Waals surface area contributed by atoms with Crippen molar-refractivity contribution in [3.63, 3.8) is 0 Å². The maximum absolute atomic E-state index is 5.88. The summed E-state index contributed by atoms with van der Waals surface area (Å²) in [5.41, 5.74) is 8.52. The minimum Gasteiger partial charge on any atom is -0.497 e. The van der Waals surface area contributed by atoms with Gasteiger partial charge in [0.15, 0.2) is 0 Å². The average molecular weight is 264 g/mol. The van der Waals surface area contributed by atoms with Gasteiger partial charge in [-0.15, -0.1) is 0 Å². The van der Waals surface area contributed by atoms with E-state index in [1.807, 2.05) is 30.3 Å². The Labute approximate surface area is 118 Å². The third-order valence-corrected chi connectivity index (χ3v) is 3.23. The third-order valence-electron chi connectivity index (χ3n) is 3.23. The van der Waals surface area contributed by atoms with Crippen molar-refractivity contribution >= 4 is 27.8 Å². The lowest BCUT2D eigenvalue weighted by Crippen LogP contribution is -1.95. The van der Waals surface area contributed by atoms with Crippen LogP contribution in [0.2, 0.25) is 0 Å². The van der Waals surface area contributed by atoms with Gasteiger partial charge in [-0.05, 0) is 17.5 Å². The van der Waals surface area contributed by atoms with E-state index in [2.05, 4.69) is 29.6 Å². The van der Waals surface area contributed by atoms with Gasteiger partial charge in [0.25, 0.3) is 0 Å². The summed E-state index contributed by atoms with van der Waals surface area (Å²) in [6.45, 7) is 0. The van der Waals surface area contributed by atoms with Crippen LogP contribution in [0.4, 0.5) is 17.1 Å². The molecule has 100 valence electrons. The predicted octanol–water partition coefficient (Wildman–Crippen LogP) is 4.17. The molecule has 0 spiro atoms. The van der Waals surface area contributed by atoms with Gasteiger partial charge in [0.2, 0.25) is 0 Å². The summed E-state index contributed by atoms with van der Waals surface area (Å²) in [5, 5.41) is 5.78. The smallest absolute Gasteiger partial charge is 0.122 e. The zero-order chi connectivity index (χ0) is 13.9. The van der Waals surface area contributed by atoms with Gasteiger partial charge in [0.05, 0.1) is 7.11 Å². The molecule has 20 heavy (non-hydrogen) atoms. The van der Waals surface area contributed by atoms with Crippen molar-refractivity contribution in [1.82, 2.24) is 0 Å². The number of fused-ring (bicyclic) bond motifs is 1. The monoisotopic (exact) mass is 264 g/mol. The Morgan fingerprint density at radius 1 is 0.950 bits per heavy atom. The van der Waals surface area contributed by atoms with E-state index in [0.29, 0.717) is 5.69 Å². The summed E-state index contributed by atoms with van der Waals surface area (Å²) >= 11 is 0. The Bertz CT molecular complexity index is 748. The molecule has 3 aromatic rings. The molecule has 3 nitrogen and oxygen atoms in total. The first kappa shape index (κ1) is 12.4. The van der Waals surface area contributed by atoms with E-state index in [4.69, 9.17) is 10.5 Å². The van der Waals surface area contributed by atoms with Crippen LogP contribution in [0.1, 0.15) is 0 Å². The van der Waals surface area contributed by atoms with E-state index in [1.165, 1.54) is 10.8 Å². The van der Waals surface area contributed by atoms with Crippen molar-refractivity contribution in [2.75, 3.05) is 18.2 Å². The molecule has 0 aromatic heterocycles. The summed E-state index contributed by atoms with van der Waals surface area (Å²) in [6.07, 6.45) is 0. The number of nitrogens with one attached hydrogen (secondary N) is 1. The van der Waals surface area contributed by atoms with Crippen molar-refractivity contribution in [2.45, 2.75) is 0 Å².